The number of hydrogen-bond donors (Lipinski definition) is 2. The molecule has 158 valence electrons. The van der Waals surface area contributed by atoms with Crippen LogP contribution in [0.4, 0.5) is 11.5 Å². The lowest BCUT2D eigenvalue weighted by atomic mass is 9.93. The zero-order valence-electron chi connectivity index (χ0n) is 16.8. The molecule has 1 aliphatic heterocycles. The smallest absolute Gasteiger partial charge is 0.259 e. The van der Waals surface area contributed by atoms with E-state index < -0.39 is 10.0 Å². The van der Waals surface area contributed by atoms with Crippen molar-refractivity contribution in [1.82, 2.24) is 9.71 Å². The van der Waals surface area contributed by atoms with Gasteiger partial charge in [0.25, 0.3) is 5.91 Å². The number of carbonyl (C=O) groups excluding carboxylic acids is 1. The Hall–Kier alpha value is -2.45. The molecule has 0 atom stereocenters. The monoisotopic (exact) mass is 426 g/mol. The van der Waals surface area contributed by atoms with Crippen molar-refractivity contribution in [2.45, 2.75) is 49.5 Å². The lowest BCUT2D eigenvalue weighted by Gasteiger charge is -2.33. The first-order valence-corrected chi connectivity index (χ1v) is 12.1. The van der Waals surface area contributed by atoms with Gasteiger partial charge in [-0.1, -0.05) is 6.07 Å². The largest absolute Gasteiger partial charge is 0.356 e. The number of piperidine rings is 1. The molecule has 2 N–H and O–H groups in total. The number of rotatable bonds is 6. The van der Waals surface area contributed by atoms with Gasteiger partial charge in [-0.05, 0) is 74.3 Å². The van der Waals surface area contributed by atoms with Crippen molar-refractivity contribution >= 4 is 27.4 Å². The molecule has 1 saturated heterocycles. The van der Waals surface area contributed by atoms with E-state index in [1.807, 2.05) is 0 Å². The molecular weight excluding hydrogens is 400 g/mol. The van der Waals surface area contributed by atoms with Crippen LogP contribution in [0.25, 0.3) is 0 Å². The van der Waals surface area contributed by atoms with Gasteiger partial charge >= 0.3 is 0 Å². The predicted molar refractivity (Wildman–Crippen MR) is 115 cm³/mol. The van der Waals surface area contributed by atoms with Crippen LogP contribution in [0.3, 0.4) is 0 Å². The first-order valence-electron chi connectivity index (χ1n) is 10.6. The van der Waals surface area contributed by atoms with E-state index in [-0.39, 0.29) is 16.8 Å². The zero-order chi connectivity index (χ0) is 20.8. The summed E-state index contributed by atoms with van der Waals surface area (Å²) in [5.41, 5.74) is 1.51. The van der Waals surface area contributed by atoms with Crippen LogP contribution in [-0.4, -0.2) is 38.4 Å². The first kappa shape index (κ1) is 19.5. The molecule has 2 aliphatic carbocycles. The minimum absolute atomic E-state index is 0.0329. The lowest BCUT2D eigenvalue weighted by molar-refractivity contribution is 0.102. The zero-order valence-corrected chi connectivity index (χ0v) is 17.6. The van der Waals surface area contributed by atoms with Gasteiger partial charge in [0.2, 0.25) is 10.0 Å². The minimum Gasteiger partial charge on any atom is -0.356 e. The summed E-state index contributed by atoms with van der Waals surface area (Å²) >= 11 is 0. The van der Waals surface area contributed by atoms with Crippen molar-refractivity contribution in [3.63, 3.8) is 0 Å². The van der Waals surface area contributed by atoms with Crippen molar-refractivity contribution in [1.29, 1.82) is 0 Å². The average molecular weight is 427 g/mol. The maximum atomic E-state index is 13.0. The highest BCUT2D eigenvalue weighted by Gasteiger charge is 2.44. The minimum atomic E-state index is -3.57. The van der Waals surface area contributed by atoms with Crippen LogP contribution in [0.2, 0.25) is 0 Å². The van der Waals surface area contributed by atoms with Crippen molar-refractivity contribution in [2.24, 2.45) is 5.41 Å². The Bertz CT molecular complexity index is 1070. The lowest BCUT2D eigenvalue weighted by Crippen LogP contribution is -2.36. The number of pyridine rings is 1. The van der Waals surface area contributed by atoms with E-state index in [9.17, 15) is 13.2 Å². The van der Waals surface area contributed by atoms with E-state index in [0.717, 1.165) is 38.8 Å². The molecule has 1 spiro atoms. The van der Waals surface area contributed by atoms with Crippen molar-refractivity contribution < 1.29 is 13.2 Å². The average Bonchev–Trinajstić information content (AvgIpc) is 3.68. The van der Waals surface area contributed by atoms with Gasteiger partial charge in [0.15, 0.2) is 0 Å². The van der Waals surface area contributed by atoms with Gasteiger partial charge in [-0.15, -0.1) is 0 Å². The Labute approximate surface area is 176 Å². The Morgan fingerprint density at radius 1 is 1.07 bits per heavy atom. The molecule has 30 heavy (non-hydrogen) atoms. The van der Waals surface area contributed by atoms with E-state index in [4.69, 9.17) is 0 Å². The molecule has 5 rings (SSSR count). The van der Waals surface area contributed by atoms with E-state index in [2.05, 4.69) is 19.9 Å². The molecule has 1 amide bonds. The molecular formula is C22H26N4O3S. The van der Waals surface area contributed by atoms with Gasteiger partial charge < -0.3 is 10.2 Å². The number of nitrogens with zero attached hydrogens (tertiary/aromatic N) is 2. The fraction of sp³-hybridized carbons (Fsp3) is 0.455. The van der Waals surface area contributed by atoms with Crippen LogP contribution < -0.4 is 14.9 Å². The summed E-state index contributed by atoms with van der Waals surface area (Å²) in [5, 5.41) is 2.85. The number of anilines is 2. The Morgan fingerprint density at radius 3 is 2.53 bits per heavy atom. The molecule has 2 heterocycles. The SMILES string of the molecule is O=C(Nc1cccc(S(=O)(=O)NC2CC2)c1)c1cccnc1N1CCC2(CC1)CC2. The molecule has 0 unspecified atom stereocenters. The molecule has 8 heteroatoms. The summed E-state index contributed by atoms with van der Waals surface area (Å²) in [7, 11) is -3.57. The third-order valence-electron chi connectivity index (χ3n) is 6.41. The molecule has 3 aliphatic rings. The van der Waals surface area contributed by atoms with Crippen molar-refractivity contribution in [3.05, 3.63) is 48.2 Å². The summed E-state index contributed by atoms with van der Waals surface area (Å²) < 4.78 is 27.6. The highest BCUT2D eigenvalue weighted by Crippen LogP contribution is 2.53. The number of sulfonamides is 1. The van der Waals surface area contributed by atoms with Crippen LogP contribution in [0, 0.1) is 5.41 Å². The van der Waals surface area contributed by atoms with Gasteiger partial charge in [-0.3, -0.25) is 4.79 Å². The van der Waals surface area contributed by atoms with Crippen LogP contribution in [-0.2, 0) is 10.0 Å². The molecule has 3 fully saturated rings. The quantitative estimate of drug-likeness (QED) is 0.740. The van der Waals surface area contributed by atoms with Crippen molar-refractivity contribution in [3.8, 4) is 0 Å². The van der Waals surface area contributed by atoms with E-state index >= 15 is 0 Å². The molecule has 7 nitrogen and oxygen atoms in total. The van der Waals surface area contributed by atoms with E-state index in [0.29, 0.717) is 22.5 Å². The number of carbonyl (C=O) groups is 1. The molecule has 1 aromatic heterocycles. The Morgan fingerprint density at radius 2 is 1.83 bits per heavy atom. The van der Waals surface area contributed by atoms with E-state index in [1.165, 1.54) is 25.0 Å². The second-order valence-corrected chi connectivity index (χ2v) is 10.5. The summed E-state index contributed by atoms with van der Waals surface area (Å²) in [4.78, 5) is 19.9. The maximum Gasteiger partial charge on any atom is 0.259 e. The summed E-state index contributed by atoms with van der Waals surface area (Å²) in [6.45, 7) is 1.83. The molecule has 2 aromatic rings. The maximum absolute atomic E-state index is 13.0. The van der Waals surface area contributed by atoms with Crippen molar-refractivity contribution in [2.75, 3.05) is 23.3 Å². The van der Waals surface area contributed by atoms with Gasteiger partial charge in [0.05, 0.1) is 10.5 Å². The fourth-order valence-corrected chi connectivity index (χ4v) is 5.47. The fourth-order valence-electron chi connectivity index (χ4n) is 4.12. The third kappa shape index (κ3) is 4.06. The molecule has 0 radical (unpaired) electrons. The number of benzene rings is 1. The number of nitrogens with one attached hydrogen (secondary N) is 2. The Kier molecular flexibility index (Phi) is 4.78. The van der Waals surface area contributed by atoms with Crippen LogP contribution >= 0.6 is 0 Å². The molecule has 0 bridgehead atoms. The standard InChI is InChI=1S/C22H26N4O3S/c27-21(24-17-3-1-4-18(15-17)30(28,29)25-16-6-7-16)19-5-2-12-23-20(19)26-13-10-22(8-9-22)11-14-26/h1-5,12,15-16,25H,6-11,13-14H2,(H,24,27). The third-order valence-corrected chi connectivity index (χ3v) is 7.93. The highest BCUT2D eigenvalue weighted by atomic mass is 32.2. The van der Waals surface area contributed by atoms with Gasteiger partial charge in [0.1, 0.15) is 5.82 Å². The molecule has 2 saturated carbocycles. The summed E-state index contributed by atoms with van der Waals surface area (Å²) in [6.07, 6.45) is 8.41. The Balaban J connectivity index is 1.33. The van der Waals surface area contributed by atoms with Crippen LogP contribution in [0.5, 0.6) is 0 Å². The topological polar surface area (TPSA) is 91.4 Å². The second kappa shape index (κ2) is 7.35. The summed E-state index contributed by atoms with van der Waals surface area (Å²) in [6, 6.07) is 9.93. The van der Waals surface area contributed by atoms with Gasteiger partial charge in [-0.2, -0.15) is 0 Å². The number of amides is 1. The second-order valence-electron chi connectivity index (χ2n) is 8.74. The number of aromatic nitrogens is 1. The van der Waals surface area contributed by atoms with Crippen LogP contribution in [0.1, 0.15) is 48.9 Å². The number of hydrogen-bond acceptors (Lipinski definition) is 5. The van der Waals surface area contributed by atoms with Gasteiger partial charge in [0, 0.05) is 31.0 Å². The first-order chi connectivity index (χ1) is 14.4. The highest BCUT2D eigenvalue weighted by molar-refractivity contribution is 7.89. The van der Waals surface area contributed by atoms with E-state index in [1.54, 1.807) is 30.5 Å². The van der Waals surface area contributed by atoms with Gasteiger partial charge in [-0.25, -0.2) is 18.1 Å². The molecule has 1 aromatic carbocycles. The normalized spacial score (nSPS) is 20.2. The summed E-state index contributed by atoms with van der Waals surface area (Å²) in [5.74, 6) is 0.416. The predicted octanol–water partition coefficient (Wildman–Crippen LogP) is 3.16. The van der Waals surface area contributed by atoms with Crippen LogP contribution in [0.15, 0.2) is 47.5 Å².